The van der Waals surface area contributed by atoms with Crippen LogP contribution in [-0.2, 0) is 41.8 Å². The third-order valence-corrected chi connectivity index (χ3v) is 11.4. The predicted octanol–water partition coefficient (Wildman–Crippen LogP) is 7.61. The molecule has 0 aliphatic heterocycles. The Bertz CT molecular complexity index is 1440. The summed E-state index contributed by atoms with van der Waals surface area (Å²) in [7, 11) is -9.82. The Morgan fingerprint density at radius 2 is 1.27 bits per heavy atom. The highest BCUT2D eigenvalue weighted by Crippen LogP contribution is 2.44. The quantitative estimate of drug-likeness (QED) is 0.0137. The number of esters is 2. The maximum Gasteiger partial charge on any atom is 0.472 e. The van der Waals surface area contributed by atoms with Gasteiger partial charge in [0.2, 0.25) is 0 Å². The summed E-state index contributed by atoms with van der Waals surface area (Å²) in [4.78, 5) is 53.0. The van der Waals surface area contributed by atoms with Gasteiger partial charge in [-0.1, -0.05) is 120 Å². The van der Waals surface area contributed by atoms with Gasteiger partial charge < -0.3 is 44.6 Å². The number of hydrogen-bond donors (Lipinski definition) is 7. The number of allylic oxidation sites excluding steroid dienone is 7. The van der Waals surface area contributed by atoms with Crippen LogP contribution < -0.4 is 0 Å². The van der Waals surface area contributed by atoms with Gasteiger partial charge in [0, 0.05) is 18.8 Å². The SMILES string of the molecule is CCCCC/C=C\C/C=C\C/C=C\CCCCCCC(=O)OC[C@H](COP(=O)(O)OC[C@@H](O)COP(=O)(O)O)OC(=O)C/C=C\C[C@H]1[C@@H](/C=C/[C@H](O)CCCCC)[C@H](O)C[C@@H]1O. The summed E-state index contributed by atoms with van der Waals surface area (Å²) in [5.74, 6) is -2.12. The lowest BCUT2D eigenvalue weighted by molar-refractivity contribution is -0.160. The molecule has 1 aliphatic carbocycles. The average molecular weight is 923 g/mol. The number of carbonyl (C=O) groups excluding carboxylic acids is 2. The standard InChI is InChI=1S/C44H76O16P2/c1-3-5-7-8-9-10-11-12-13-14-15-16-17-18-19-20-22-27-43(49)56-34-38(35-59-62(54,55)58-33-37(46)32-57-61(51,52)53)60-44(50)28-24-23-26-39-40(42(48)31-41(39)47)30-29-36(45)25-21-6-4-2/h9-10,12-13,15-16,23-24,29-30,36-42,45-48H,3-8,11,14,17-22,25-28,31-35H2,1-2H3,(H,54,55)(H2,51,52,53)/b10-9-,13-12-,16-15-,24-23-,30-29+/t36-,37+,38-,39+,40-,41+,42-/m1/s1. The fraction of sp³-hybridized carbons (Fsp3) is 0.727. The van der Waals surface area contributed by atoms with Crippen LogP contribution in [-0.4, -0.2) is 104 Å². The van der Waals surface area contributed by atoms with E-state index < -0.39 is 90.4 Å². The van der Waals surface area contributed by atoms with Crippen molar-refractivity contribution in [3.63, 3.8) is 0 Å². The first-order chi connectivity index (χ1) is 29.6. The zero-order chi connectivity index (χ0) is 46.1. The molecule has 0 spiro atoms. The molecule has 358 valence electrons. The molecule has 0 heterocycles. The number of carbonyl (C=O) groups is 2. The van der Waals surface area contributed by atoms with E-state index in [1.165, 1.54) is 25.3 Å². The van der Waals surface area contributed by atoms with E-state index in [0.717, 1.165) is 64.2 Å². The molecule has 16 nitrogen and oxygen atoms in total. The van der Waals surface area contributed by atoms with Crippen LogP contribution in [0.3, 0.4) is 0 Å². The number of phosphoric acid groups is 2. The fourth-order valence-corrected chi connectivity index (χ4v) is 7.66. The second-order valence-corrected chi connectivity index (χ2v) is 18.3. The Morgan fingerprint density at radius 1 is 0.677 bits per heavy atom. The van der Waals surface area contributed by atoms with Gasteiger partial charge >= 0.3 is 27.6 Å². The van der Waals surface area contributed by atoms with Gasteiger partial charge in [-0.3, -0.25) is 23.2 Å². The van der Waals surface area contributed by atoms with Crippen molar-refractivity contribution in [3.05, 3.63) is 60.8 Å². The summed E-state index contributed by atoms with van der Waals surface area (Å²) in [5.41, 5.74) is 0. The summed E-state index contributed by atoms with van der Waals surface area (Å²) in [6, 6.07) is 0. The summed E-state index contributed by atoms with van der Waals surface area (Å²) < 4.78 is 47.7. The number of rotatable bonds is 37. The summed E-state index contributed by atoms with van der Waals surface area (Å²) in [6.45, 7) is 1.21. The third-order valence-electron chi connectivity index (χ3n) is 9.97. The molecule has 0 radical (unpaired) electrons. The van der Waals surface area contributed by atoms with Crippen molar-refractivity contribution in [2.75, 3.05) is 26.4 Å². The van der Waals surface area contributed by atoms with E-state index in [2.05, 4.69) is 59.4 Å². The smallest absolute Gasteiger partial charge is 0.462 e. The number of aliphatic hydroxyl groups excluding tert-OH is 4. The molecule has 0 aromatic carbocycles. The van der Waals surface area contributed by atoms with Gasteiger partial charge in [-0.05, 0) is 63.7 Å². The van der Waals surface area contributed by atoms with Gasteiger partial charge in [-0.15, -0.1) is 0 Å². The Kier molecular flexibility index (Phi) is 32.6. The highest BCUT2D eigenvalue weighted by Gasteiger charge is 2.39. The highest BCUT2D eigenvalue weighted by atomic mass is 31.2. The summed E-state index contributed by atoms with van der Waals surface area (Å²) >= 11 is 0. The van der Waals surface area contributed by atoms with Gasteiger partial charge in [0.1, 0.15) is 12.7 Å². The van der Waals surface area contributed by atoms with Crippen LogP contribution in [0, 0.1) is 11.8 Å². The first-order valence-electron chi connectivity index (χ1n) is 22.2. The molecule has 0 amide bonds. The number of aliphatic hydroxyl groups is 4. The minimum atomic E-state index is -4.91. The van der Waals surface area contributed by atoms with Crippen LogP contribution in [0.2, 0.25) is 0 Å². The van der Waals surface area contributed by atoms with E-state index in [-0.39, 0.29) is 25.2 Å². The van der Waals surface area contributed by atoms with E-state index in [9.17, 15) is 44.0 Å². The molecule has 8 atom stereocenters. The van der Waals surface area contributed by atoms with Crippen molar-refractivity contribution in [1.82, 2.24) is 0 Å². The normalized spacial score (nSPS) is 21.1. The molecule has 1 aliphatic rings. The Labute approximate surface area is 369 Å². The maximum atomic E-state index is 12.8. The number of hydrogen-bond acceptors (Lipinski definition) is 13. The van der Waals surface area contributed by atoms with Crippen LogP contribution in [0.1, 0.15) is 136 Å². The molecule has 0 bridgehead atoms. The van der Waals surface area contributed by atoms with Crippen molar-refractivity contribution in [2.24, 2.45) is 11.8 Å². The Hall–Kier alpha value is -2.30. The molecular formula is C44H76O16P2. The second-order valence-electron chi connectivity index (χ2n) is 15.6. The van der Waals surface area contributed by atoms with Crippen molar-refractivity contribution in [3.8, 4) is 0 Å². The lowest BCUT2D eigenvalue weighted by Crippen LogP contribution is -2.29. The Morgan fingerprint density at radius 3 is 1.94 bits per heavy atom. The molecule has 0 saturated heterocycles. The highest BCUT2D eigenvalue weighted by molar-refractivity contribution is 7.47. The van der Waals surface area contributed by atoms with E-state index in [0.29, 0.717) is 19.3 Å². The number of unbranched alkanes of at least 4 members (excludes halogenated alkanes) is 9. The first kappa shape index (κ1) is 57.7. The summed E-state index contributed by atoms with van der Waals surface area (Å²) in [6.07, 6.45) is 29.1. The fourth-order valence-electron chi connectivity index (χ4n) is 6.50. The van der Waals surface area contributed by atoms with Gasteiger partial charge in [-0.2, -0.15) is 0 Å². The van der Waals surface area contributed by atoms with Crippen molar-refractivity contribution in [2.45, 2.75) is 166 Å². The van der Waals surface area contributed by atoms with Crippen molar-refractivity contribution >= 4 is 27.6 Å². The summed E-state index contributed by atoms with van der Waals surface area (Å²) in [5, 5.41) is 41.2. The molecule has 0 aromatic heterocycles. The molecule has 0 aromatic rings. The van der Waals surface area contributed by atoms with Crippen molar-refractivity contribution in [1.29, 1.82) is 0 Å². The lowest BCUT2D eigenvalue weighted by Gasteiger charge is -2.20. The zero-order valence-electron chi connectivity index (χ0n) is 36.8. The minimum Gasteiger partial charge on any atom is -0.462 e. The molecule has 1 unspecified atom stereocenters. The van der Waals surface area contributed by atoms with Gasteiger partial charge in [0.15, 0.2) is 6.10 Å². The largest absolute Gasteiger partial charge is 0.472 e. The lowest BCUT2D eigenvalue weighted by atomic mass is 9.89. The van der Waals surface area contributed by atoms with Gasteiger partial charge in [-0.25, -0.2) is 9.13 Å². The predicted molar refractivity (Wildman–Crippen MR) is 236 cm³/mol. The van der Waals surface area contributed by atoms with Crippen LogP contribution in [0.4, 0.5) is 0 Å². The van der Waals surface area contributed by atoms with E-state index in [4.69, 9.17) is 23.8 Å². The van der Waals surface area contributed by atoms with Crippen LogP contribution >= 0.6 is 15.6 Å². The molecular weight excluding hydrogens is 846 g/mol. The van der Waals surface area contributed by atoms with Crippen LogP contribution in [0.5, 0.6) is 0 Å². The maximum absolute atomic E-state index is 12.8. The third kappa shape index (κ3) is 31.5. The zero-order valence-corrected chi connectivity index (χ0v) is 38.6. The molecule has 1 saturated carbocycles. The van der Waals surface area contributed by atoms with E-state index in [1.54, 1.807) is 18.2 Å². The van der Waals surface area contributed by atoms with E-state index in [1.807, 2.05) is 0 Å². The second kappa shape index (κ2) is 35.0. The Balaban J connectivity index is 2.63. The van der Waals surface area contributed by atoms with Crippen molar-refractivity contribution < 1.29 is 76.9 Å². The molecule has 7 N–H and O–H groups in total. The van der Waals surface area contributed by atoms with E-state index >= 15 is 0 Å². The van der Waals surface area contributed by atoms with Gasteiger partial charge in [0.05, 0.1) is 44.6 Å². The average Bonchev–Trinajstić information content (AvgIpc) is 3.49. The minimum absolute atomic E-state index is 0.101. The molecule has 62 heavy (non-hydrogen) atoms. The number of ether oxygens (including phenoxy) is 2. The molecule has 1 rings (SSSR count). The molecule has 1 fully saturated rings. The molecule has 18 heteroatoms. The number of phosphoric ester groups is 2. The topological polar surface area (TPSA) is 256 Å². The van der Waals surface area contributed by atoms with Crippen LogP contribution in [0.15, 0.2) is 60.8 Å². The monoisotopic (exact) mass is 922 g/mol. The van der Waals surface area contributed by atoms with Crippen LogP contribution in [0.25, 0.3) is 0 Å². The first-order valence-corrected chi connectivity index (χ1v) is 25.3. The van der Waals surface area contributed by atoms with Gasteiger partial charge in [0.25, 0.3) is 0 Å².